The quantitative estimate of drug-likeness (QED) is 0.0200. The van der Waals surface area contributed by atoms with Gasteiger partial charge in [-0.3, -0.25) is 19.2 Å². The summed E-state index contributed by atoms with van der Waals surface area (Å²) in [5, 5.41) is 25.3. The number of ether oxygens (including phenoxy) is 6. The number of imide groups is 2. The second-order valence-corrected chi connectivity index (χ2v) is 44.7. The molecule has 0 radical (unpaired) electrons. The van der Waals surface area contributed by atoms with Gasteiger partial charge in [-0.15, -0.1) is 0 Å². The van der Waals surface area contributed by atoms with Gasteiger partial charge in [-0.1, -0.05) is 273 Å². The zero-order chi connectivity index (χ0) is 101. The molecule has 0 saturated carbocycles. The molecule has 0 spiro atoms. The maximum absolute atomic E-state index is 16.5. The van der Waals surface area contributed by atoms with E-state index in [4.69, 9.17) is 28.4 Å². The first-order valence-corrected chi connectivity index (χ1v) is 49.9. The summed E-state index contributed by atoms with van der Waals surface area (Å²) in [7, 11) is 0. The summed E-state index contributed by atoms with van der Waals surface area (Å²) in [5.74, 6) is 0.104. The molecule has 2 heterocycles. The first-order chi connectivity index (χ1) is 68.6. The Labute approximate surface area is 835 Å². The number of rotatable bonds is 18. The number of hydrogen-bond donors (Lipinski definition) is 0. The van der Waals surface area contributed by atoms with Crippen molar-refractivity contribution in [2.75, 3.05) is 9.80 Å². The molecule has 4 amide bonds. The zero-order valence-electron chi connectivity index (χ0n) is 84.8. The highest BCUT2D eigenvalue weighted by atomic mass is 16.5. The minimum absolute atomic E-state index is 0.163. The molecular weight excluding hydrogens is 1780 g/mol. The fourth-order valence-corrected chi connectivity index (χ4v) is 22.7. The Morgan fingerprint density at radius 1 is 0.243 bits per heavy atom. The molecule has 0 fully saturated rings. The minimum Gasteiger partial charge on any atom is -0.457 e. The van der Waals surface area contributed by atoms with Crippen LogP contribution in [0.5, 0.6) is 57.5 Å². The van der Waals surface area contributed by atoms with Gasteiger partial charge in [0.15, 0.2) is 0 Å². The molecule has 0 aromatic heterocycles. The molecule has 23 rings (SSSR count). The van der Waals surface area contributed by atoms with E-state index in [1.165, 1.54) is 9.80 Å². The van der Waals surface area contributed by atoms with Gasteiger partial charge in [0.25, 0.3) is 23.6 Å². The van der Waals surface area contributed by atoms with Gasteiger partial charge in [0, 0.05) is 55.2 Å². The van der Waals surface area contributed by atoms with Gasteiger partial charge in [-0.05, 0) is 319 Å². The Hall–Kier alpha value is -16.1. The predicted molar refractivity (Wildman–Crippen MR) is 589 cm³/mol. The Morgan fingerprint density at radius 2 is 0.451 bits per heavy atom. The summed E-state index contributed by atoms with van der Waals surface area (Å²) in [6.45, 7) is 49.5. The third-order valence-corrected chi connectivity index (χ3v) is 30.1. The average molecular weight is 1890 g/mol. The molecule has 0 unspecified atom stereocenters. The van der Waals surface area contributed by atoms with E-state index in [-0.39, 0.29) is 79.1 Å². The van der Waals surface area contributed by atoms with Crippen molar-refractivity contribution in [2.45, 2.75) is 184 Å². The van der Waals surface area contributed by atoms with Crippen molar-refractivity contribution in [3.63, 3.8) is 0 Å². The summed E-state index contributed by atoms with van der Waals surface area (Å²) >= 11 is 0. The van der Waals surface area contributed by atoms with E-state index in [9.17, 15) is 9.59 Å². The molecule has 0 saturated heterocycles. The van der Waals surface area contributed by atoms with Gasteiger partial charge in [0.05, 0.1) is 33.6 Å². The maximum atomic E-state index is 16.5. The van der Waals surface area contributed by atoms with Gasteiger partial charge in [-0.25, -0.2) is 19.4 Å². The molecule has 21 aromatic carbocycles. The number of carbonyl (C=O) groups is 6. The smallest absolute Gasteiger partial charge is 0.335 e. The number of anilines is 2. The molecule has 712 valence electrons. The number of fused-ring (bicyclic) bond motifs is 12. The van der Waals surface area contributed by atoms with Gasteiger partial charge in [0.2, 0.25) is 0 Å². The van der Waals surface area contributed by atoms with Crippen LogP contribution in [0.4, 0.5) is 11.4 Å². The van der Waals surface area contributed by atoms with Crippen LogP contribution < -0.4 is 38.2 Å². The lowest BCUT2D eigenvalue weighted by Gasteiger charge is -2.34. The topological polar surface area (TPSA) is 164 Å². The zero-order valence-corrected chi connectivity index (χ0v) is 84.8. The highest BCUT2D eigenvalue weighted by Gasteiger charge is 2.45. The first-order valence-electron chi connectivity index (χ1n) is 49.9. The minimum atomic E-state index is -0.632. The number of hydrogen-bond acceptors (Lipinski definition) is 12. The summed E-state index contributed by atoms with van der Waals surface area (Å²) in [5.41, 5.74) is 8.36. The number of nitrogens with zero attached hydrogens (tertiary/aromatic N) is 2. The Kier molecular flexibility index (Phi) is 20.9. The molecule has 2 aliphatic rings. The van der Waals surface area contributed by atoms with Gasteiger partial charge >= 0.3 is 11.9 Å². The van der Waals surface area contributed by atoms with Crippen molar-refractivity contribution in [2.24, 2.45) is 0 Å². The summed E-state index contributed by atoms with van der Waals surface area (Å²) in [6.07, 6.45) is 2.23. The summed E-state index contributed by atoms with van der Waals surface area (Å²) in [6, 6.07) is 82.9. The van der Waals surface area contributed by atoms with E-state index in [0.717, 1.165) is 142 Å². The third kappa shape index (κ3) is 14.4. The second kappa shape index (κ2) is 32.8. The van der Waals surface area contributed by atoms with Crippen molar-refractivity contribution in [3.05, 3.63) is 335 Å². The van der Waals surface area contributed by atoms with Crippen LogP contribution in [0.2, 0.25) is 0 Å². The van der Waals surface area contributed by atoms with Gasteiger partial charge < -0.3 is 28.4 Å². The fourth-order valence-electron chi connectivity index (χ4n) is 22.7. The highest BCUT2D eigenvalue weighted by Crippen LogP contribution is 2.60. The fraction of sp³-hybridized carbons (Fsp3) is 0.215. The lowest BCUT2D eigenvalue weighted by Crippen LogP contribution is -2.42. The van der Waals surface area contributed by atoms with Crippen molar-refractivity contribution in [1.82, 2.24) is 0 Å². The van der Waals surface area contributed by atoms with Crippen molar-refractivity contribution in [3.8, 4) is 57.5 Å². The normalized spacial score (nSPS) is 13.5. The lowest BCUT2D eigenvalue weighted by molar-refractivity contribution is -0.129. The molecule has 0 aliphatic carbocycles. The number of esters is 2. The maximum Gasteiger partial charge on any atom is 0.335 e. The number of carbonyl (C=O) groups excluding carboxylic acids is 6. The summed E-state index contributed by atoms with van der Waals surface area (Å²) in [4.78, 5) is 94.5. The molecule has 21 aromatic rings. The SMILES string of the molecule is C=CC(=O)Oc1cc(C(C)C)c(N2C(=O)c3cc(Oc4ccc(C(C)(C)C)cc4)c4c5ccc6c7cc8ccc9cc%10c(cc9ccc8cc7c7ccc(c8c(Oc9ccc(C(C)(C)C)cc9)cc(c3c48)C2=O)c5c67)c2ccc3c4c(Oc5ccc(C(C)(C)C)cc5)cc5c6c(cc(Oc7ccc(C(C)(C)C)cc7)c(c7ccc%10c2c73)c64)C(=O)N(c2c(C(C)C)cc(OC(=O)C=C)cc2C(C)C)C5=O)c(C(C)C)c1. The summed E-state index contributed by atoms with van der Waals surface area (Å²) < 4.78 is 41.2. The van der Waals surface area contributed by atoms with Gasteiger partial charge in [0.1, 0.15) is 57.5 Å². The van der Waals surface area contributed by atoms with Crippen molar-refractivity contribution < 1.29 is 57.2 Å². The van der Waals surface area contributed by atoms with Crippen LogP contribution in [0.1, 0.15) is 248 Å². The van der Waals surface area contributed by atoms with Crippen LogP contribution in [0.15, 0.2) is 268 Å². The second-order valence-electron chi connectivity index (χ2n) is 44.7. The van der Waals surface area contributed by atoms with E-state index in [2.05, 4.69) is 242 Å². The number of amides is 4. The van der Waals surface area contributed by atoms with Crippen LogP contribution in [0.25, 0.3) is 151 Å². The van der Waals surface area contributed by atoms with Crippen LogP contribution in [0.3, 0.4) is 0 Å². The highest BCUT2D eigenvalue weighted by molar-refractivity contribution is 6.50. The Bertz CT molecular complexity index is 8230. The molecule has 14 nitrogen and oxygen atoms in total. The predicted octanol–water partition coefficient (Wildman–Crippen LogP) is 34.8. The number of benzene rings is 18. The van der Waals surface area contributed by atoms with Crippen LogP contribution >= 0.6 is 0 Å². The molecule has 144 heavy (non-hydrogen) atoms. The first kappa shape index (κ1) is 91.7. The molecule has 0 bridgehead atoms. The third-order valence-electron chi connectivity index (χ3n) is 30.1. The molecule has 0 atom stereocenters. The van der Waals surface area contributed by atoms with E-state index >= 15 is 19.2 Å². The van der Waals surface area contributed by atoms with Crippen LogP contribution in [-0.2, 0) is 31.2 Å². The monoisotopic (exact) mass is 1890 g/mol. The Balaban J connectivity index is 0.727. The Morgan fingerprint density at radius 3 is 0.653 bits per heavy atom. The lowest BCUT2D eigenvalue weighted by atomic mass is 9.82. The molecular formula is C130H110N2O12. The average Bonchev–Trinajstić information content (AvgIpc) is 1.21. The molecule has 14 heteroatoms. The van der Waals surface area contributed by atoms with Gasteiger partial charge in [-0.2, -0.15) is 0 Å². The van der Waals surface area contributed by atoms with E-state index in [1.54, 1.807) is 24.3 Å². The van der Waals surface area contributed by atoms with Crippen molar-refractivity contribution >= 4 is 198 Å². The molecule has 2 aliphatic heterocycles. The molecule has 0 N–H and O–H groups in total. The largest absolute Gasteiger partial charge is 0.457 e. The van der Waals surface area contributed by atoms with E-state index < -0.39 is 35.6 Å². The van der Waals surface area contributed by atoms with E-state index in [1.807, 2.05) is 128 Å². The van der Waals surface area contributed by atoms with Crippen LogP contribution in [0, 0.1) is 0 Å². The van der Waals surface area contributed by atoms with Crippen LogP contribution in [-0.4, -0.2) is 35.6 Å². The van der Waals surface area contributed by atoms with E-state index in [0.29, 0.717) is 123 Å². The standard InChI is InChI=1S/C130H110N2O12/c1-23-107(133)143-81-57-91(65(3)4)121(92(58-81)66(5)6)131-123(135)99-61-103(139-77-37-29-73(30-38-77)127(11,12)13)115-87-49-45-83-95-53-69-25-27-71-55-97-85-47-51-89-112-90(52-48-86(110(85)112)98(97)56-72(71)28-26-70(69)54-96(95)84-46-50-88(111(87)109(83)84)116-104(62-100(124(131)136)113(99)119(115)116)140-78-39-31-74(32-40-78)128(14,15)16)118-106(142-80-43-35-76(36-44-80)130(20,21)22)64-102-114-101(63-105(117(89)120(114)118)141-79-41-33-75(34-42-79)129(17,18)19)125(137)132(126(102)138)122-93(67(7)8)59-82(144-108(134)24-2)60-94(122)68(9)10/h23-68H,1-2H2,3-22H3. The van der Waals surface area contributed by atoms with Crippen molar-refractivity contribution in [1.29, 1.82) is 0 Å².